The van der Waals surface area contributed by atoms with Crippen LogP contribution in [-0.2, 0) is 4.43 Å². The lowest BCUT2D eigenvalue weighted by Crippen LogP contribution is -2.20. The summed E-state index contributed by atoms with van der Waals surface area (Å²) in [7, 11) is -0.926. The van der Waals surface area contributed by atoms with Crippen molar-refractivity contribution in [1.29, 1.82) is 0 Å². The number of hydrogen-bond acceptors (Lipinski definition) is 1. The number of hydrogen-bond donors (Lipinski definition) is 0. The molecule has 1 unspecified atom stereocenters. The van der Waals surface area contributed by atoms with E-state index in [-0.39, 0.29) is 0 Å². The first kappa shape index (κ1) is 17.8. The summed E-state index contributed by atoms with van der Waals surface area (Å²) in [4.78, 5) is 0. The second kappa shape index (κ2) is 8.91. The molecular formula is C18H36OSi. The van der Waals surface area contributed by atoms with E-state index < -0.39 is 9.04 Å². The van der Waals surface area contributed by atoms with E-state index in [0.717, 1.165) is 5.92 Å². The van der Waals surface area contributed by atoms with Gasteiger partial charge in [-0.05, 0) is 62.6 Å². The third-order valence-electron chi connectivity index (χ3n) is 4.47. The van der Waals surface area contributed by atoms with Crippen LogP contribution in [0.4, 0.5) is 0 Å². The molecule has 0 heterocycles. The molecule has 0 aromatic carbocycles. The zero-order valence-electron chi connectivity index (χ0n) is 14.5. The van der Waals surface area contributed by atoms with E-state index in [2.05, 4.69) is 39.9 Å². The Morgan fingerprint density at radius 1 is 1.00 bits per heavy atom. The van der Waals surface area contributed by atoms with Gasteiger partial charge in [0.15, 0.2) is 0 Å². The first-order valence-corrected chi connectivity index (χ1v) is 11.5. The van der Waals surface area contributed by atoms with Crippen molar-refractivity contribution in [3.63, 3.8) is 0 Å². The summed E-state index contributed by atoms with van der Waals surface area (Å²) >= 11 is 0. The Labute approximate surface area is 128 Å². The molecule has 0 radical (unpaired) electrons. The highest BCUT2D eigenvalue weighted by Crippen LogP contribution is 2.35. The molecular weight excluding hydrogens is 260 g/mol. The monoisotopic (exact) mass is 296 g/mol. The Balaban J connectivity index is 2.52. The molecule has 1 aliphatic carbocycles. The van der Waals surface area contributed by atoms with E-state index >= 15 is 0 Å². The molecule has 20 heavy (non-hydrogen) atoms. The molecule has 0 bridgehead atoms. The Bertz CT molecular complexity index is 288. The van der Waals surface area contributed by atoms with Gasteiger partial charge >= 0.3 is 0 Å². The van der Waals surface area contributed by atoms with Crippen LogP contribution in [0.3, 0.4) is 0 Å². The minimum atomic E-state index is -0.926. The average Bonchev–Trinajstić information content (AvgIpc) is 2.30. The topological polar surface area (TPSA) is 9.23 Å². The molecule has 0 fully saturated rings. The third kappa shape index (κ3) is 7.52. The first-order chi connectivity index (χ1) is 9.39. The molecule has 118 valence electrons. The van der Waals surface area contributed by atoms with Gasteiger partial charge in [0, 0.05) is 6.42 Å². The maximum absolute atomic E-state index is 6.07. The van der Waals surface area contributed by atoms with Crippen molar-refractivity contribution in [2.24, 2.45) is 11.3 Å². The molecule has 1 nitrogen and oxygen atoms in total. The highest BCUT2D eigenvalue weighted by Gasteiger charge is 2.23. The predicted octanol–water partition coefficient (Wildman–Crippen LogP) is 6.06. The molecule has 0 N–H and O–H groups in total. The second-order valence-electron chi connectivity index (χ2n) is 7.78. The van der Waals surface area contributed by atoms with Crippen LogP contribution in [0.5, 0.6) is 0 Å². The highest BCUT2D eigenvalue weighted by molar-refractivity contribution is 6.48. The Morgan fingerprint density at radius 3 is 2.25 bits per heavy atom. The van der Waals surface area contributed by atoms with E-state index in [1.165, 1.54) is 63.5 Å². The van der Waals surface area contributed by atoms with Gasteiger partial charge in [0.05, 0.1) is 5.76 Å². The van der Waals surface area contributed by atoms with Crippen LogP contribution in [-0.4, -0.2) is 9.04 Å². The fraction of sp³-hybridized carbons (Fsp3) is 0.889. The minimum Gasteiger partial charge on any atom is -0.550 e. The van der Waals surface area contributed by atoms with Crippen molar-refractivity contribution in [2.75, 3.05) is 0 Å². The van der Waals surface area contributed by atoms with Gasteiger partial charge in [-0.3, -0.25) is 0 Å². The molecule has 1 atom stereocenters. The summed E-state index contributed by atoms with van der Waals surface area (Å²) in [6.07, 6.45) is 14.4. The number of allylic oxidation sites excluding steroid dienone is 2. The quantitative estimate of drug-likeness (QED) is 0.563. The summed E-state index contributed by atoms with van der Waals surface area (Å²) in [6, 6.07) is 0. The summed E-state index contributed by atoms with van der Waals surface area (Å²) in [6.45, 7) is 11.8. The van der Waals surface area contributed by atoms with Crippen LogP contribution in [0, 0.1) is 11.3 Å². The largest absolute Gasteiger partial charge is 0.550 e. The van der Waals surface area contributed by atoms with Gasteiger partial charge in [-0.1, -0.05) is 40.0 Å². The summed E-state index contributed by atoms with van der Waals surface area (Å²) in [5.74, 6) is 2.21. The Hall–Kier alpha value is -0.243. The second-order valence-corrected chi connectivity index (χ2v) is 10.1. The maximum Gasteiger partial charge on any atom is 0.229 e. The lowest BCUT2D eigenvalue weighted by Gasteiger charge is -2.31. The van der Waals surface area contributed by atoms with Crippen molar-refractivity contribution >= 4 is 9.04 Å². The van der Waals surface area contributed by atoms with Gasteiger partial charge in [0.25, 0.3) is 0 Å². The average molecular weight is 297 g/mol. The minimum absolute atomic E-state index is 0.484. The van der Waals surface area contributed by atoms with Gasteiger partial charge in [0.1, 0.15) is 0 Å². The molecule has 0 spiro atoms. The van der Waals surface area contributed by atoms with Crippen LogP contribution in [0.15, 0.2) is 11.8 Å². The van der Waals surface area contributed by atoms with Crippen LogP contribution in [0.2, 0.25) is 13.1 Å². The smallest absolute Gasteiger partial charge is 0.229 e. The van der Waals surface area contributed by atoms with Crippen LogP contribution in [0.1, 0.15) is 78.6 Å². The summed E-state index contributed by atoms with van der Waals surface area (Å²) in [5, 5.41) is 0. The van der Waals surface area contributed by atoms with Crippen molar-refractivity contribution < 1.29 is 4.43 Å². The normalized spacial score (nSPS) is 26.3. The van der Waals surface area contributed by atoms with Gasteiger partial charge in [-0.25, -0.2) is 0 Å². The van der Waals surface area contributed by atoms with Crippen molar-refractivity contribution in [1.82, 2.24) is 0 Å². The lowest BCUT2D eigenvalue weighted by atomic mass is 9.75. The van der Waals surface area contributed by atoms with Crippen LogP contribution >= 0.6 is 0 Å². The van der Waals surface area contributed by atoms with Crippen molar-refractivity contribution in [3.05, 3.63) is 11.8 Å². The van der Waals surface area contributed by atoms with Gasteiger partial charge < -0.3 is 4.43 Å². The summed E-state index contributed by atoms with van der Waals surface area (Å²) < 4.78 is 6.07. The maximum atomic E-state index is 6.07. The first-order valence-electron chi connectivity index (χ1n) is 8.75. The van der Waals surface area contributed by atoms with Crippen molar-refractivity contribution in [3.8, 4) is 0 Å². The zero-order valence-corrected chi connectivity index (χ0v) is 15.7. The van der Waals surface area contributed by atoms with Gasteiger partial charge in [0.2, 0.25) is 9.04 Å². The fourth-order valence-corrected chi connectivity index (χ4v) is 4.01. The Kier molecular flexibility index (Phi) is 7.94. The third-order valence-corrected chi connectivity index (χ3v) is 5.24. The number of rotatable bonds is 2. The zero-order chi connectivity index (χ0) is 15.0. The molecule has 0 aliphatic heterocycles. The molecule has 0 saturated heterocycles. The molecule has 1 rings (SSSR count). The molecule has 2 heteroatoms. The van der Waals surface area contributed by atoms with Gasteiger partial charge in [-0.2, -0.15) is 0 Å². The van der Waals surface area contributed by atoms with Crippen LogP contribution in [0.25, 0.3) is 0 Å². The molecule has 0 aromatic heterocycles. The summed E-state index contributed by atoms with van der Waals surface area (Å²) in [5.41, 5.74) is 0.484. The van der Waals surface area contributed by atoms with E-state index in [1.807, 2.05) is 0 Å². The molecule has 1 aliphatic rings. The molecule has 0 amide bonds. The van der Waals surface area contributed by atoms with Crippen LogP contribution < -0.4 is 0 Å². The fourth-order valence-electron chi connectivity index (χ4n) is 3.19. The lowest BCUT2D eigenvalue weighted by molar-refractivity contribution is 0.201. The van der Waals surface area contributed by atoms with Gasteiger partial charge in [-0.15, -0.1) is 0 Å². The standard InChI is InChI=1S/C18H36OSi/c1-18(2,3)16-12-8-6-10-14-17(19-20(4)5)15-11-7-9-13-16/h14,16,20H,6-13,15H2,1-5H3/b17-14-. The molecule has 0 saturated carbocycles. The van der Waals surface area contributed by atoms with Crippen molar-refractivity contribution in [2.45, 2.75) is 91.7 Å². The van der Waals surface area contributed by atoms with E-state index in [0.29, 0.717) is 5.41 Å². The predicted molar refractivity (Wildman–Crippen MR) is 92.5 cm³/mol. The SMILES string of the molecule is C[SiH](C)O/C1=C\CCCCC(C(C)(C)C)CCCCC1. The molecule has 0 aromatic rings. The highest BCUT2D eigenvalue weighted by atomic mass is 28.3. The van der Waals surface area contributed by atoms with E-state index in [4.69, 9.17) is 4.43 Å². The van der Waals surface area contributed by atoms with E-state index in [1.54, 1.807) is 0 Å². The van der Waals surface area contributed by atoms with E-state index in [9.17, 15) is 0 Å². The Morgan fingerprint density at radius 2 is 1.65 bits per heavy atom.